The third-order valence-electron chi connectivity index (χ3n) is 3.93. The molecule has 14 heteroatoms. The van der Waals surface area contributed by atoms with Crippen LogP contribution in [-0.2, 0) is 42.3 Å². The van der Waals surface area contributed by atoms with Crippen molar-refractivity contribution >= 4 is 53.0 Å². The standard InChI is InChI=1S/C21H21F3N6O2S2.Cu/c1-2-25-19(33)29-28-17(14-8-10-15(11-9-14)18(31)32)16(13-6-4-3-5-7-13)27-30-20(34)26-12-21(22,23)24;/h3-11H,2,12H2,1H3,(H,31,32)(H2,25,29,33)(H2,26,30,34);/q;+2/p-2. The Morgan fingerprint density at radius 1 is 0.829 bits per heavy atom. The number of amidine groups is 2. The van der Waals surface area contributed by atoms with Crippen molar-refractivity contribution in [2.24, 2.45) is 20.4 Å². The largest absolute Gasteiger partial charge is 2.00 e. The summed E-state index contributed by atoms with van der Waals surface area (Å²) in [5.74, 6) is -1.11. The monoisotopic (exact) mass is 571 g/mol. The van der Waals surface area contributed by atoms with E-state index in [0.717, 1.165) is 0 Å². The van der Waals surface area contributed by atoms with Gasteiger partial charge in [-0.3, -0.25) is 0 Å². The summed E-state index contributed by atoms with van der Waals surface area (Å²) in [6.45, 7) is 0.964. The number of carboxylic acids is 1. The van der Waals surface area contributed by atoms with Crippen LogP contribution in [0.25, 0.3) is 0 Å². The fourth-order valence-corrected chi connectivity index (χ4v) is 2.74. The summed E-state index contributed by atoms with van der Waals surface area (Å²) in [4.78, 5) is 11.2. The van der Waals surface area contributed by atoms with E-state index in [1.807, 2.05) is 12.2 Å². The van der Waals surface area contributed by atoms with Crippen LogP contribution in [-0.4, -0.2) is 52.1 Å². The van der Waals surface area contributed by atoms with E-state index < -0.39 is 23.9 Å². The summed E-state index contributed by atoms with van der Waals surface area (Å²) in [6, 6.07) is 14.3. The van der Waals surface area contributed by atoms with E-state index in [4.69, 9.17) is 25.3 Å². The van der Waals surface area contributed by atoms with Gasteiger partial charge in [-0.25, -0.2) is 4.79 Å². The van der Waals surface area contributed by atoms with Gasteiger partial charge in [0.25, 0.3) is 0 Å². The van der Waals surface area contributed by atoms with Crippen molar-refractivity contribution in [2.75, 3.05) is 13.1 Å². The van der Waals surface area contributed by atoms with Crippen molar-refractivity contribution in [3.63, 3.8) is 0 Å². The van der Waals surface area contributed by atoms with Gasteiger partial charge in [0.2, 0.25) is 0 Å². The first-order valence-corrected chi connectivity index (χ1v) is 10.5. The molecule has 189 valence electrons. The van der Waals surface area contributed by atoms with Crippen molar-refractivity contribution in [1.82, 2.24) is 10.6 Å². The first-order chi connectivity index (χ1) is 16.1. The second kappa shape index (κ2) is 14.4. The van der Waals surface area contributed by atoms with Crippen molar-refractivity contribution in [3.05, 3.63) is 71.3 Å². The van der Waals surface area contributed by atoms with Gasteiger partial charge in [0.05, 0.1) is 5.56 Å². The number of hydrogen-bond acceptors (Lipinski definition) is 7. The van der Waals surface area contributed by atoms with Gasteiger partial charge in [0, 0.05) is 17.7 Å². The first kappa shape index (κ1) is 30.0. The number of nitrogens with zero attached hydrogens (tertiary/aromatic N) is 4. The molecule has 0 bridgehead atoms. The molecule has 0 aliphatic carbocycles. The molecule has 0 atom stereocenters. The topological polar surface area (TPSA) is 111 Å². The zero-order valence-corrected chi connectivity index (χ0v) is 20.6. The molecule has 0 aromatic heterocycles. The molecule has 0 fully saturated rings. The van der Waals surface area contributed by atoms with Crippen LogP contribution in [0.1, 0.15) is 28.4 Å². The third-order valence-corrected chi connectivity index (χ3v) is 4.38. The van der Waals surface area contributed by atoms with Crippen LogP contribution in [0.2, 0.25) is 0 Å². The van der Waals surface area contributed by atoms with Gasteiger partial charge in [-0.15, -0.1) is 10.2 Å². The van der Waals surface area contributed by atoms with Crippen LogP contribution in [0.5, 0.6) is 0 Å². The van der Waals surface area contributed by atoms with E-state index in [1.54, 1.807) is 30.3 Å². The predicted octanol–water partition coefficient (Wildman–Crippen LogP) is 3.06. The Morgan fingerprint density at radius 3 is 1.74 bits per heavy atom. The molecule has 0 saturated heterocycles. The van der Waals surface area contributed by atoms with E-state index in [-0.39, 0.29) is 39.2 Å². The molecule has 0 unspecified atom stereocenters. The number of rotatable bonds is 8. The van der Waals surface area contributed by atoms with E-state index >= 15 is 0 Å². The molecule has 0 heterocycles. The maximum absolute atomic E-state index is 12.5. The minimum Gasteiger partial charge on any atom is -0.741 e. The Morgan fingerprint density at radius 2 is 1.29 bits per heavy atom. The van der Waals surface area contributed by atoms with E-state index in [2.05, 4.69) is 25.7 Å². The average molecular weight is 572 g/mol. The van der Waals surface area contributed by atoms with Gasteiger partial charge in [-0.05, 0) is 29.4 Å². The summed E-state index contributed by atoms with van der Waals surface area (Å²) in [7, 11) is 0. The van der Waals surface area contributed by atoms with Crippen molar-refractivity contribution in [1.29, 1.82) is 0 Å². The van der Waals surface area contributed by atoms with Gasteiger partial charge >= 0.3 is 29.2 Å². The maximum atomic E-state index is 12.5. The van der Waals surface area contributed by atoms with Crippen LogP contribution in [0.3, 0.4) is 0 Å². The SMILES string of the molecule is CCNC([S-])=NN=C(C(=NN=C([S-])NCC(F)(F)F)c1ccccc1)c1ccc(C(=O)O)cc1.[Cu+2]. The smallest absolute Gasteiger partial charge is 0.741 e. The second-order valence-electron chi connectivity index (χ2n) is 6.46. The molecule has 3 N–H and O–H groups in total. The summed E-state index contributed by atoms with van der Waals surface area (Å²) in [5.41, 5.74) is 1.24. The average Bonchev–Trinajstić information content (AvgIpc) is 2.80. The summed E-state index contributed by atoms with van der Waals surface area (Å²) >= 11 is 9.93. The van der Waals surface area contributed by atoms with E-state index in [9.17, 15) is 23.1 Å². The van der Waals surface area contributed by atoms with E-state index in [1.165, 1.54) is 24.3 Å². The zero-order chi connectivity index (χ0) is 25.1. The number of halogens is 3. The Hall–Kier alpha value is -3.06. The molecular formula is C21H19CuF3N6O2S2. The first-order valence-electron chi connectivity index (χ1n) is 9.70. The molecule has 2 aromatic carbocycles. The Labute approximate surface area is 221 Å². The number of hydrogen-bond donors (Lipinski definition) is 3. The van der Waals surface area contributed by atoms with Gasteiger partial charge in [-0.2, -0.15) is 23.4 Å². The predicted molar refractivity (Wildman–Crippen MR) is 130 cm³/mol. The van der Waals surface area contributed by atoms with Crippen molar-refractivity contribution < 1.29 is 40.1 Å². The minimum atomic E-state index is -4.48. The third kappa shape index (κ3) is 10.4. The summed E-state index contributed by atoms with van der Waals surface area (Å²) in [6.07, 6.45) is -4.48. The van der Waals surface area contributed by atoms with Crippen LogP contribution in [0.4, 0.5) is 13.2 Å². The fourth-order valence-electron chi connectivity index (χ4n) is 2.44. The van der Waals surface area contributed by atoms with Crippen molar-refractivity contribution in [2.45, 2.75) is 13.1 Å². The van der Waals surface area contributed by atoms with Gasteiger partial charge in [-0.1, -0.05) is 42.5 Å². The molecule has 1 radical (unpaired) electrons. The Balaban J connectivity index is 0.00000612. The Bertz CT molecular complexity index is 1110. The van der Waals surface area contributed by atoms with E-state index in [0.29, 0.717) is 17.7 Å². The fraction of sp³-hybridized carbons (Fsp3) is 0.190. The zero-order valence-electron chi connectivity index (χ0n) is 18.0. The normalized spacial score (nSPS) is 13.1. The molecule has 0 aliphatic rings. The van der Waals surface area contributed by atoms with Gasteiger partial charge in [0.1, 0.15) is 18.0 Å². The molecule has 0 aliphatic heterocycles. The van der Waals surface area contributed by atoms with Crippen molar-refractivity contribution in [3.8, 4) is 0 Å². The summed E-state index contributed by atoms with van der Waals surface area (Å²) < 4.78 is 37.4. The number of carboxylic acid groups (broad SMARTS) is 1. The number of carbonyl (C=O) groups is 1. The molecule has 8 nitrogen and oxygen atoms in total. The summed E-state index contributed by atoms with van der Waals surface area (Å²) in [5, 5.41) is 29.5. The number of alkyl halides is 3. The Kier molecular flexibility index (Phi) is 12.3. The number of aromatic carboxylic acids is 1. The molecule has 35 heavy (non-hydrogen) atoms. The van der Waals surface area contributed by atoms with Gasteiger partial charge in [0.15, 0.2) is 0 Å². The molecule has 0 saturated carbocycles. The molecule has 0 spiro atoms. The van der Waals surface area contributed by atoms with Crippen LogP contribution >= 0.6 is 0 Å². The van der Waals surface area contributed by atoms with Crippen LogP contribution in [0, 0.1) is 0 Å². The van der Waals surface area contributed by atoms with Gasteiger partial charge < -0.3 is 41.0 Å². The molecular weight excluding hydrogens is 553 g/mol. The minimum absolute atomic E-state index is 0. The number of nitrogens with one attached hydrogen (secondary N) is 2. The van der Waals surface area contributed by atoms with Crippen LogP contribution < -0.4 is 10.6 Å². The van der Waals surface area contributed by atoms with Crippen LogP contribution in [0.15, 0.2) is 75.0 Å². The second-order valence-corrected chi connectivity index (χ2v) is 7.23. The quantitative estimate of drug-likeness (QED) is 0.148. The molecule has 2 rings (SSSR count). The maximum Gasteiger partial charge on any atom is 2.00 e. The molecule has 0 amide bonds. The molecule has 2 aromatic rings. The number of benzene rings is 2.